The van der Waals surface area contributed by atoms with Crippen molar-refractivity contribution in [2.45, 2.75) is 81.3 Å². The zero-order valence-electron chi connectivity index (χ0n) is 33.4. The van der Waals surface area contributed by atoms with Crippen LogP contribution in [0.2, 0.25) is 0 Å². The van der Waals surface area contributed by atoms with E-state index in [-0.39, 0.29) is 56.4 Å². The van der Waals surface area contributed by atoms with Gasteiger partial charge in [0.15, 0.2) is 18.3 Å². The molecule has 0 heterocycles. The lowest BCUT2D eigenvalue weighted by Crippen LogP contribution is -2.47. The number of benzene rings is 3. The molecule has 0 saturated carbocycles. The molecule has 56 heavy (non-hydrogen) atoms. The van der Waals surface area contributed by atoms with Gasteiger partial charge < -0.3 is 38.6 Å². The summed E-state index contributed by atoms with van der Waals surface area (Å²) in [5.74, 6) is -4.50. The van der Waals surface area contributed by atoms with E-state index < -0.39 is 41.0 Å². The van der Waals surface area contributed by atoms with E-state index in [1.165, 1.54) is 34.1 Å². The van der Waals surface area contributed by atoms with Crippen molar-refractivity contribution in [1.82, 2.24) is 0 Å². The minimum atomic E-state index is -2.43. The topological polar surface area (TPSA) is 181 Å². The second-order valence-electron chi connectivity index (χ2n) is 13.5. The van der Waals surface area contributed by atoms with Crippen LogP contribution in [-0.2, 0) is 30.2 Å². The zero-order chi connectivity index (χ0) is 42.1. The van der Waals surface area contributed by atoms with Crippen LogP contribution in [0.3, 0.4) is 0 Å². The lowest BCUT2D eigenvalue weighted by Gasteiger charge is -2.30. The lowest BCUT2D eigenvalue weighted by atomic mass is 9.87. The first-order chi connectivity index (χ1) is 26.2. The predicted octanol–water partition coefficient (Wildman–Crippen LogP) is 7.08. The van der Waals surface area contributed by atoms with Gasteiger partial charge in [0.25, 0.3) is 0 Å². The van der Waals surface area contributed by atoms with Crippen molar-refractivity contribution in [1.29, 1.82) is 0 Å². The van der Waals surface area contributed by atoms with Crippen molar-refractivity contribution in [3.63, 3.8) is 0 Å². The first-order valence-electron chi connectivity index (χ1n) is 17.5. The van der Waals surface area contributed by atoms with Crippen molar-refractivity contribution in [3.8, 4) is 23.0 Å². The van der Waals surface area contributed by atoms with Gasteiger partial charge in [-0.1, -0.05) is 6.92 Å². The summed E-state index contributed by atoms with van der Waals surface area (Å²) in [5, 5.41) is 22.5. The standard InChI is InChI=1S/C42H45BrO13/c1-13-28-26(10)32(38(46)53-17-51-11)22(6)24(8)36(28)55-39(47)31-18(2)14-29(20(4)21(31)5)54-40(48)33-23(7)25(9)37(34(43)35(33)45)56-41(49)42(50)19(3)15-27(44)16-30(42)52-12/h14-16,45,50H,13,17H2,1-12H3/t42-/m1/s1. The van der Waals surface area contributed by atoms with E-state index in [1.54, 1.807) is 48.5 Å². The van der Waals surface area contributed by atoms with E-state index in [1.807, 2.05) is 6.92 Å². The van der Waals surface area contributed by atoms with Gasteiger partial charge in [-0.2, -0.15) is 0 Å². The Hall–Kier alpha value is -5.31. The number of phenolic OH excluding ortho intramolecular Hbond substituents is 1. The summed E-state index contributed by atoms with van der Waals surface area (Å²) < 4.78 is 32.5. The highest BCUT2D eigenvalue weighted by atomic mass is 79.9. The zero-order valence-corrected chi connectivity index (χ0v) is 35.0. The molecule has 0 amide bonds. The predicted molar refractivity (Wildman–Crippen MR) is 208 cm³/mol. The average molecular weight is 838 g/mol. The number of aryl methyl sites for hydroxylation is 1. The summed E-state index contributed by atoms with van der Waals surface area (Å²) in [6.07, 6.45) is 2.50. The summed E-state index contributed by atoms with van der Waals surface area (Å²) >= 11 is 3.22. The van der Waals surface area contributed by atoms with Crippen molar-refractivity contribution >= 4 is 45.6 Å². The molecule has 1 aliphatic carbocycles. The van der Waals surface area contributed by atoms with E-state index in [2.05, 4.69) is 15.9 Å². The highest BCUT2D eigenvalue weighted by Crippen LogP contribution is 2.44. The quantitative estimate of drug-likeness (QED) is 0.114. The molecule has 0 radical (unpaired) electrons. The summed E-state index contributed by atoms with van der Waals surface area (Å²) in [5.41, 5.74) is 2.29. The summed E-state index contributed by atoms with van der Waals surface area (Å²) in [4.78, 5) is 65.9. The smallest absolute Gasteiger partial charge is 0.356 e. The first kappa shape index (κ1) is 43.4. The lowest BCUT2D eigenvalue weighted by molar-refractivity contribution is -0.151. The van der Waals surface area contributed by atoms with Gasteiger partial charge in [0.1, 0.15) is 33.0 Å². The molecule has 0 fully saturated rings. The van der Waals surface area contributed by atoms with Crippen LogP contribution in [0.15, 0.2) is 34.0 Å². The van der Waals surface area contributed by atoms with Crippen molar-refractivity contribution in [2.24, 2.45) is 0 Å². The summed E-state index contributed by atoms with van der Waals surface area (Å²) in [6.45, 7) is 16.4. The number of halogens is 1. The van der Waals surface area contributed by atoms with Gasteiger partial charge in [0, 0.05) is 13.2 Å². The molecule has 14 heteroatoms. The van der Waals surface area contributed by atoms with E-state index in [0.717, 1.165) is 12.2 Å². The monoisotopic (exact) mass is 836 g/mol. The van der Waals surface area contributed by atoms with Crippen LogP contribution in [-0.4, -0.2) is 66.5 Å². The maximum atomic E-state index is 13.9. The number of rotatable bonds is 11. The maximum Gasteiger partial charge on any atom is 0.356 e. The molecule has 3 aromatic rings. The molecule has 0 saturated heterocycles. The van der Waals surface area contributed by atoms with E-state index in [4.69, 9.17) is 28.4 Å². The molecule has 0 aromatic heterocycles. The normalized spacial score (nSPS) is 15.1. The second-order valence-corrected chi connectivity index (χ2v) is 14.3. The Morgan fingerprint density at radius 3 is 1.88 bits per heavy atom. The van der Waals surface area contributed by atoms with Gasteiger partial charge in [-0.15, -0.1) is 0 Å². The van der Waals surface area contributed by atoms with Crippen molar-refractivity contribution < 1.29 is 62.6 Å². The Morgan fingerprint density at radius 1 is 0.714 bits per heavy atom. The molecule has 0 unspecified atom stereocenters. The highest BCUT2D eigenvalue weighted by molar-refractivity contribution is 9.10. The number of aromatic hydroxyl groups is 1. The number of esters is 4. The molecule has 2 N–H and O–H groups in total. The third kappa shape index (κ3) is 7.60. The largest absolute Gasteiger partial charge is 0.506 e. The number of carbonyl (C=O) groups is 5. The first-order valence-corrected chi connectivity index (χ1v) is 18.3. The van der Waals surface area contributed by atoms with Crippen molar-refractivity contribution in [3.05, 3.63) is 101 Å². The van der Waals surface area contributed by atoms with Gasteiger partial charge in [-0.05, 0) is 152 Å². The molecule has 0 spiro atoms. The summed E-state index contributed by atoms with van der Waals surface area (Å²) in [6, 6.07) is 1.52. The third-order valence-corrected chi connectivity index (χ3v) is 11.0. The Balaban J connectivity index is 1.66. The maximum absolute atomic E-state index is 13.9. The number of methoxy groups -OCH3 is 2. The van der Waals surface area contributed by atoms with E-state index in [9.17, 15) is 34.2 Å². The van der Waals surface area contributed by atoms with Crippen LogP contribution >= 0.6 is 15.9 Å². The fourth-order valence-electron chi connectivity index (χ4n) is 6.71. The van der Waals surface area contributed by atoms with Gasteiger partial charge >= 0.3 is 23.9 Å². The van der Waals surface area contributed by atoms with Crippen LogP contribution in [0.4, 0.5) is 0 Å². The van der Waals surface area contributed by atoms with Gasteiger partial charge in [0.2, 0.25) is 5.60 Å². The van der Waals surface area contributed by atoms with Gasteiger partial charge in [-0.25, -0.2) is 19.2 Å². The molecule has 1 atom stereocenters. The number of hydrogen-bond donors (Lipinski definition) is 2. The molecular formula is C42H45BrO13. The summed E-state index contributed by atoms with van der Waals surface area (Å²) in [7, 11) is 2.61. The van der Waals surface area contributed by atoms with E-state index in [0.29, 0.717) is 56.7 Å². The number of aliphatic hydroxyl groups is 1. The molecule has 1 aliphatic rings. The van der Waals surface area contributed by atoms with Crippen LogP contribution in [0, 0.1) is 55.4 Å². The number of hydrogen-bond acceptors (Lipinski definition) is 13. The van der Waals surface area contributed by atoms with E-state index >= 15 is 0 Å². The molecule has 0 aliphatic heterocycles. The molecule has 0 bridgehead atoms. The Labute approximate surface area is 333 Å². The second kappa shape index (κ2) is 16.8. The Kier molecular flexibility index (Phi) is 13.0. The van der Waals surface area contributed by atoms with Crippen LogP contribution in [0.1, 0.15) is 95.0 Å². The SMILES string of the molecule is CCc1c(C)c(C(=O)OCOC)c(C)c(C)c1OC(=O)c1c(C)cc(OC(=O)c2c(C)c(C)c(OC(=O)[C@@]3(O)C(C)=CC(=O)C=C3OC)c(Br)c2O)c(C)c1C. The van der Waals surface area contributed by atoms with Crippen LogP contribution in [0.5, 0.6) is 23.0 Å². The Morgan fingerprint density at radius 2 is 1.29 bits per heavy atom. The fraction of sp³-hybridized carbons (Fsp3) is 0.357. The third-order valence-electron chi connectivity index (χ3n) is 10.3. The molecule has 13 nitrogen and oxygen atoms in total. The fourth-order valence-corrected chi connectivity index (χ4v) is 7.29. The Bertz CT molecular complexity index is 2230. The number of carbonyl (C=O) groups excluding carboxylic acids is 5. The molecule has 4 rings (SSSR count). The highest BCUT2D eigenvalue weighted by Gasteiger charge is 2.48. The molecular weight excluding hydrogens is 792 g/mol. The number of ketones is 1. The van der Waals surface area contributed by atoms with Crippen molar-refractivity contribution in [2.75, 3.05) is 21.0 Å². The number of ether oxygens (including phenoxy) is 6. The van der Waals surface area contributed by atoms with Gasteiger partial charge in [-0.3, -0.25) is 4.79 Å². The minimum absolute atomic E-state index is 0.0377. The average Bonchev–Trinajstić information content (AvgIpc) is 3.14. The van der Waals surface area contributed by atoms with Crippen LogP contribution in [0.25, 0.3) is 0 Å². The van der Waals surface area contributed by atoms with Crippen LogP contribution < -0.4 is 14.2 Å². The number of phenols is 1. The van der Waals surface area contributed by atoms with Gasteiger partial charge in [0.05, 0.1) is 18.2 Å². The molecule has 298 valence electrons. The minimum Gasteiger partial charge on any atom is -0.506 e. The number of allylic oxidation sites excluding steroid dienone is 2. The molecule has 3 aromatic carbocycles.